The van der Waals surface area contributed by atoms with Crippen LogP contribution in [0.25, 0.3) is 11.3 Å². The van der Waals surface area contributed by atoms with Crippen molar-refractivity contribution in [2.24, 2.45) is 5.73 Å². The van der Waals surface area contributed by atoms with Crippen LogP contribution in [0, 0.1) is 0 Å². The van der Waals surface area contributed by atoms with Gasteiger partial charge in [0.15, 0.2) is 11.5 Å². The van der Waals surface area contributed by atoms with Crippen LogP contribution in [0.2, 0.25) is 0 Å². The molecule has 0 amide bonds. The Hall–Kier alpha value is -2.01. The Morgan fingerprint density at radius 1 is 1.29 bits per heavy atom. The van der Waals surface area contributed by atoms with Crippen molar-refractivity contribution in [3.05, 3.63) is 30.2 Å². The molecule has 5 nitrogen and oxygen atoms in total. The second-order valence-electron chi connectivity index (χ2n) is 5.37. The largest absolute Gasteiger partial charge is 0.490 e. The fourth-order valence-electron chi connectivity index (χ4n) is 2.45. The third-order valence-corrected chi connectivity index (χ3v) is 3.72. The van der Waals surface area contributed by atoms with Gasteiger partial charge in [-0.1, -0.05) is 6.92 Å². The lowest BCUT2D eigenvalue weighted by atomic mass is 10.1. The molecular formula is C16H21N3O2. The predicted molar refractivity (Wildman–Crippen MR) is 81.7 cm³/mol. The van der Waals surface area contributed by atoms with Gasteiger partial charge in [-0.15, -0.1) is 0 Å². The zero-order chi connectivity index (χ0) is 14.7. The summed E-state index contributed by atoms with van der Waals surface area (Å²) in [6.45, 7) is 4.19. The molecule has 0 saturated heterocycles. The van der Waals surface area contributed by atoms with Crippen molar-refractivity contribution in [2.45, 2.75) is 25.7 Å². The molecule has 0 fully saturated rings. The molecule has 1 aliphatic rings. The van der Waals surface area contributed by atoms with Gasteiger partial charge in [-0.2, -0.15) is 0 Å². The number of H-pyrrole nitrogens is 1. The summed E-state index contributed by atoms with van der Waals surface area (Å²) in [6.07, 6.45) is 3.70. The maximum atomic E-state index is 5.73. The molecule has 0 radical (unpaired) electrons. The van der Waals surface area contributed by atoms with E-state index >= 15 is 0 Å². The Labute approximate surface area is 124 Å². The highest BCUT2D eigenvalue weighted by Gasteiger charge is 2.14. The molecule has 2 aromatic rings. The first kappa shape index (κ1) is 13.9. The molecule has 0 saturated carbocycles. The van der Waals surface area contributed by atoms with Gasteiger partial charge < -0.3 is 20.2 Å². The number of nitrogens with zero attached hydrogens (tertiary/aromatic N) is 1. The quantitative estimate of drug-likeness (QED) is 0.906. The maximum absolute atomic E-state index is 5.73. The Bertz CT molecular complexity index is 609. The summed E-state index contributed by atoms with van der Waals surface area (Å²) in [5.74, 6) is 2.93. The number of nitrogens with one attached hydrogen (secondary N) is 1. The van der Waals surface area contributed by atoms with E-state index in [9.17, 15) is 0 Å². The molecule has 0 bridgehead atoms. The van der Waals surface area contributed by atoms with E-state index < -0.39 is 0 Å². The molecule has 2 heterocycles. The lowest BCUT2D eigenvalue weighted by molar-refractivity contribution is 0.297. The summed E-state index contributed by atoms with van der Waals surface area (Å²) >= 11 is 0. The average Bonchev–Trinajstić information content (AvgIpc) is 2.87. The van der Waals surface area contributed by atoms with E-state index in [0.29, 0.717) is 25.7 Å². The van der Waals surface area contributed by atoms with Crippen LogP contribution in [-0.4, -0.2) is 29.7 Å². The molecule has 3 rings (SSSR count). The first-order chi connectivity index (χ1) is 10.3. The Morgan fingerprint density at radius 2 is 2.10 bits per heavy atom. The van der Waals surface area contributed by atoms with Crippen LogP contribution in [0.15, 0.2) is 24.4 Å². The molecule has 1 aromatic heterocycles. The standard InChI is InChI=1S/C16H21N3O2/c1-11(5-6-17)16-18-10-13(19-16)12-3-4-14-15(9-12)21-8-2-7-20-14/h3-4,9-11H,2,5-8,17H2,1H3,(H,18,19). The number of imidazole rings is 1. The molecule has 0 spiro atoms. The van der Waals surface area contributed by atoms with Crippen LogP contribution in [0.5, 0.6) is 11.5 Å². The average molecular weight is 287 g/mol. The highest BCUT2D eigenvalue weighted by atomic mass is 16.5. The van der Waals surface area contributed by atoms with E-state index in [4.69, 9.17) is 15.2 Å². The summed E-state index contributed by atoms with van der Waals surface area (Å²) < 4.78 is 11.4. The maximum Gasteiger partial charge on any atom is 0.161 e. The van der Waals surface area contributed by atoms with Crippen LogP contribution in [-0.2, 0) is 0 Å². The number of aromatic amines is 1. The lowest BCUT2D eigenvalue weighted by Crippen LogP contribution is -2.05. The van der Waals surface area contributed by atoms with E-state index in [-0.39, 0.29) is 0 Å². The number of hydrogen-bond acceptors (Lipinski definition) is 4. The Kier molecular flexibility index (Phi) is 4.10. The van der Waals surface area contributed by atoms with Crippen molar-refractivity contribution in [1.29, 1.82) is 0 Å². The van der Waals surface area contributed by atoms with Crippen molar-refractivity contribution in [3.63, 3.8) is 0 Å². The molecule has 1 aromatic carbocycles. The van der Waals surface area contributed by atoms with E-state index in [1.807, 2.05) is 24.4 Å². The summed E-state index contributed by atoms with van der Waals surface area (Å²) in [4.78, 5) is 7.83. The van der Waals surface area contributed by atoms with Gasteiger partial charge in [0.05, 0.1) is 25.1 Å². The summed E-state index contributed by atoms with van der Waals surface area (Å²) in [5.41, 5.74) is 7.65. The van der Waals surface area contributed by atoms with Gasteiger partial charge in [0, 0.05) is 17.9 Å². The van der Waals surface area contributed by atoms with Crippen LogP contribution in [0.1, 0.15) is 31.5 Å². The normalized spacial score (nSPS) is 15.5. The lowest BCUT2D eigenvalue weighted by Gasteiger charge is -2.09. The first-order valence-corrected chi connectivity index (χ1v) is 7.43. The molecular weight excluding hydrogens is 266 g/mol. The minimum Gasteiger partial charge on any atom is -0.490 e. The third kappa shape index (κ3) is 3.03. The van der Waals surface area contributed by atoms with Crippen molar-refractivity contribution in [1.82, 2.24) is 9.97 Å². The van der Waals surface area contributed by atoms with Crippen molar-refractivity contribution < 1.29 is 9.47 Å². The molecule has 21 heavy (non-hydrogen) atoms. The molecule has 0 aliphatic carbocycles. The predicted octanol–water partition coefficient (Wildman–Crippen LogP) is 2.69. The number of fused-ring (bicyclic) bond motifs is 1. The van der Waals surface area contributed by atoms with Gasteiger partial charge in [0.1, 0.15) is 5.82 Å². The van der Waals surface area contributed by atoms with E-state index in [0.717, 1.165) is 41.4 Å². The molecule has 5 heteroatoms. The van der Waals surface area contributed by atoms with Gasteiger partial charge in [-0.25, -0.2) is 4.98 Å². The van der Waals surface area contributed by atoms with Crippen LogP contribution >= 0.6 is 0 Å². The van der Waals surface area contributed by atoms with Crippen LogP contribution < -0.4 is 15.2 Å². The first-order valence-electron chi connectivity index (χ1n) is 7.43. The smallest absolute Gasteiger partial charge is 0.161 e. The highest BCUT2D eigenvalue weighted by molar-refractivity contribution is 5.63. The van der Waals surface area contributed by atoms with E-state index in [1.54, 1.807) is 0 Å². The molecule has 1 unspecified atom stereocenters. The van der Waals surface area contributed by atoms with Crippen LogP contribution in [0.3, 0.4) is 0 Å². The zero-order valence-electron chi connectivity index (χ0n) is 12.3. The van der Waals surface area contributed by atoms with Crippen molar-refractivity contribution in [2.75, 3.05) is 19.8 Å². The van der Waals surface area contributed by atoms with Gasteiger partial charge in [0.2, 0.25) is 0 Å². The molecule has 1 aliphatic heterocycles. The third-order valence-electron chi connectivity index (χ3n) is 3.72. The van der Waals surface area contributed by atoms with Crippen LogP contribution in [0.4, 0.5) is 0 Å². The number of rotatable bonds is 4. The van der Waals surface area contributed by atoms with Gasteiger partial charge in [0.25, 0.3) is 0 Å². The minimum atomic E-state index is 0.337. The summed E-state index contributed by atoms with van der Waals surface area (Å²) in [5, 5.41) is 0. The zero-order valence-corrected chi connectivity index (χ0v) is 12.3. The fraction of sp³-hybridized carbons (Fsp3) is 0.438. The Morgan fingerprint density at radius 3 is 2.90 bits per heavy atom. The number of nitrogens with two attached hydrogens (primary N) is 1. The second kappa shape index (κ2) is 6.18. The van der Waals surface area contributed by atoms with E-state index in [2.05, 4.69) is 16.9 Å². The number of benzene rings is 1. The summed E-state index contributed by atoms with van der Waals surface area (Å²) in [6, 6.07) is 5.99. The molecule has 112 valence electrons. The van der Waals surface area contributed by atoms with Crippen molar-refractivity contribution in [3.8, 4) is 22.8 Å². The second-order valence-corrected chi connectivity index (χ2v) is 5.37. The van der Waals surface area contributed by atoms with E-state index in [1.165, 1.54) is 0 Å². The Balaban J connectivity index is 1.85. The van der Waals surface area contributed by atoms with Gasteiger partial charge in [-0.05, 0) is 31.2 Å². The molecule has 1 atom stereocenters. The number of ether oxygens (including phenoxy) is 2. The number of aromatic nitrogens is 2. The van der Waals surface area contributed by atoms with Crippen molar-refractivity contribution >= 4 is 0 Å². The highest BCUT2D eigenvalue weighted by Crippen LogP contribution is 2.34. The number of hydrogen-bond donors (Lipinski definition) is 2. The monoisotopic (exact) mass is 287 g/mol. The SMILES string of the molecule is CC(CCN)c1ncc(-c2ccc3c(c2)OCCCO3)[nH]1. The summed E-state index contributed by atoms with van der Waals surface area (Å²) in [7, 11) is 0. The molecule has 3 N–H and O–H groups in total. The fourth-order valence-corrected chi connectivity index (χ4v) is 2.45. The van der Waals surface area contributed by atoms with Gasteiger partial charge >= 0.3 is 0 Å². The topological polar surface area (TPSA) is 73.2 Å². The van der Waals surface area contributed by atoms with Gasteiger partial charge in [-0.3, -0.25) is 0 Å². The minimum absolute atomic E-state index is 0.337.